The van der Waals surface area contributed by atoms with Crippen LogP contribution < -0.4 is 4.80 Å². The van der Waals surface area contributed by atoms with E-state index in [-0.39, 0.29) is 0 Å². The third-order valence-electron chi connectivity index (χ3n) is 4.89. The lowest BCUT2D eigenvalue weighted by atomic mass is 9.95. The molecule has 1 fully saturated rings. The van der Waals surface area contributed by atoms with Crippen molar-refractivity contribution >= 4 is 33.5 Å². The van der Waals surface area contributed by atoms with E-state index < -0.39 is 0 Å². The largest absolute Gasteiger partial charge is 0.253 e. The zero-order chi connectivity index (χ0) is 17.2. The van der Waals surface area contributed by atoms with Gasteiger partial charge in [-0.25, -0.2) is 4.68 Å². The molecule has 2 aliphatic carbocycles. The van der Waals surface area contributed by atoms with E-state index in [1.165, 1.54) is 12.8 Å². The molecule has 2 bridgehead atoms. The normalized spacial score (nSPS) is 25.3. The zero-order valence-electron chi connectivity index (χ0n) is 13.9. The highest BCUT2D eigenvalue weighted by Crippen LogP contribution is 2.42. The molecule has 4 rings (SSSR count). The van der Waals surface area contributed by atoms with Gasteiger partial charge in [-0.1, -0.05) is 52.4 Å². The predicted octanol–water partition coefficient (Wildman–Crippen LogP) is 5.11. The third kappa shape index (κ3) is 3.35. The fourth-order valence-corrected chi connectivity index (χ4v) is 4.99. The average Bonchev–Trinajstić information content (AvgIpc) is 3.34. The Hall–Kier alpha value is -1.72. The smallest absolute Gasteiger partial charge is 0.206 e. The van der Waals surface area contributed by atoms with Gasteiger partial charge < -0.3 is 0 Å². The van der Waals surface area contributed by atoms with Gasteiger partial charge in [0.2, 0.25) is 4.80 Å². The zero-order valence-corrected chi connectivity index (χ0v) is 16.3. The minimum atomic E-state index is 0.543. The van der Waals surface area contributed by atoms with Crippen LogP contribution in [0.4, 0.5) is 0 Å². The lowest BCUT2D eigenvalue weighted by molar-refractivity contribution is 0.589. The van der Waals surface area contributed by atoms with Crippen molar-refractivity contribution in [2.24, 2.45) is 27.8 Å². The summed E-state index contributed by atoms with van der Waals surface area (Å²) in [5, 5.41) is 6.98. The van der Waals surface area contributed by atoms with E-state index in [9.17, 15) is 0 Å². The molecule has 0 radical (unpaired) electrons. The highest BCUT2D eigenvalue weighted by atomic mass is 79.9. The van der Waals surface area contributed by atoms with Crippen molar-refractivity contribution in [3.05, 3.63) is 63.7 Å². The van der Waals surface area contributed by atoms with Gasteiger partial charge in [-0.3, -0.25) is 4.99 Å². The molecule has 0 amide bonds. The molecule has 1 aromatic carbocycles. The van der Waals surface area contributed by atoms with Gasteiger partial charge in [-0.15, -0.1) is 17.9 Å². The van der Waals surface area contributed by atoms with Crippen LogP contribution in [-0.4, -0.2) is 17.4 Å². The number of fused-ring (bicyclic) bond motifs is 2. The van der Waals surface area contributed by atoms with Gasteiger partial charge in [0.1, 0.15) is 0 Å². The number of rotatable bonds is 5. The van der Waals surface area contributed by atoms with E-state index in [0.29, 0.717) is 18.4 Å². The van der Waals surface area contributed by atoms with Gasteiger partial charge in [-0.2, -0.15) is 5.10 Å². The Labute approximate surface area is 160 Å². The first-order valence-electron chi connectivity index (χ1n) is 8.56. The summed E-state index contributed by atoms with van der Waals surface area (Å²) < 4.78 is 3.04. The van der Waals surface area contributed by atoms with Gasteiger partial charge in [0, 0.05) is 27.5 Å². The van der Waals surface area contributed by atoms with Gasteiger partial charge in [-0.05, 0) is 30.7 Å². The molecular formula is C20H20BrN3S. The summed E-state index contributed by atoms with van der Waals surface area (Å²) in [5.74, 6) is 1.96. The van der Waals surface area contributed by atoms with Gasteiger partial charge in [0.05, 0.1) is 12.2 Å². The highest BCUT2D eigenvalue weighted by Gasteiger charge is 2.34. The second-order valence-corrected chi connectivity index (χ2v) is 8.22. The van der Waals surface area contributed by atoms with E-state index >= 15 is 0 Å². The van der Waals surface area contributed by atoms with Crippen LogP contribution in [0, 0.1) is 17.8 Å². The second kappa shape index (κ2) is 7.26. The molecule has 0 aliphatic heterocycles. The average molecular weight is 414 g/mol. The number of nitrogens with zero attached hydrogens (tertiary/aromatic N) is 3. The van der Waals surface area contributed by atoms with E-state index in [1.54, 1.807) is 11.3 Å². The van der Waals surface area contributed by atoms with Crippen molar-refractivity contribution in [2.75, 3.05) is 6.54 Å². The first kappa shape index (κ1) is 16.7. The first-order chi connectivity index (χ1) is 12.3. The van der Waals surface area contributed by atoms with E-state index in [0.717, 1.165) is 26.4 Å². The molecule has 3 unspecified atom stereocenters. The number of thiazole rings is 1. The number of hydrogen-bond acceptors (Lipinski definition) is 3. The molecule has 0 spiro atoms. The summed E-state index contributed by atoms with van der Waals surface area (Å²) in [6.07, 6.45) is 11.2. The SMILES string of the molecule is C=CCN=c1scc(-c2ccccc2Br)n1N=CC1CC2C=CC1C2. The maximum absolute atomic E-state index is 4.86. The van der Waals surface area contributed by atoms with Gasteiger partial charge in [0.25, 0.3) is 0 Å². The summed E-state index contributed by atoms with van der Waals surface area (Å²) in [5.41, 5.74) is 2.19. The Morgan fingerprint density at radius 3 is 2.88 bits per heavy atom. The number of benzene rings is 1. The fourth-order valence-electron chi connectivity index (χ4n) is 3.66. The summed E-state index contributed by atoms with van der Waals surface area (Å²) >= 11 is 5.27. The number of halogens is 1. The minimum Gasteiger partial charge on any atom is -0.253 e. The van der Waals surface area contributed by atoms with Crippen LogP contribution in [0.15, 0.2) is 69.0 Å². The molecule has 0 saturated heterocycles. The van der Waals surface area contributed by atoms with E-state index in [1.807, 2.05) is 22.9 Å². The van der Waals surface area contributed by atoms with E-state index in [2.05, 4.69) is 63.4 Å². The van der Waals surface area contributed by atoms with E-state index in [4.69, 9.17) is 5.10 Å². The van der Waals surface area contributed by atoms with Crippen molar-refractivity contribution < 1.29 is 0 Å². The minimum absolute atomic E-state index is 0.543. The standard InChI is InChI=1S/C20H20BrN3S/c1-2-9-22-20-24(23-12-16-11-14-7-8-15(16)10-14)19(13-25-20)17-5-3-4-6-18(17)21/h2-8,12-16H,1,9-11H2. The molecule has 3 nitrogen and oxygen atoms in total. The van der Waals surface area contributed by atoms with Crippen molar-refractivity contribution in [3.63, 3.8) is 0 Å². The molecule has 3 atom stereocenters. The van der Waals surface area contributed by atoms with Crippen LogP contribution in [0.1, 0.15) is 12.8 Å². The van der Waals surface area contributed by atoms with Crippen molar-refractivity contribution in [3.8, 4) is 11.3 Å². The van der Waals surface area contributed by atoms with Gasteiger partial charge in [0.15, 0.2) is 0 Å². The molecule has 1 heterocycles. The molecule has 1 aromatic heterocycles. The van der Waals surface area contributed by atoms with Crippen molar-refractivity contribution in [1.82, 2.24) is 4.68 Å². The Morgan fingerprint density at radius 2 is 2.16 bits per heavy atom. The summed E-state index contributed by atoms with van der Waals surface area (Å²) in [4.78, 5) is 5.52. The summed E-state index contributed by atoms with van der Waals surface area (Å²) in [6.45, 7) is 4.37. The monoisotopic (exact) mass is 413 g/mol. The second-order valence-electron chi connectivity index (χ2n) is 6.53. The fraction of sp³-hybridized carbons (Fsp3) is 0.300. The summed E-state index contributed by atoms with van der Waals surface area (Å²) in [7, 11) is 0. The lowest BCUT2D eigenvalue weighted by Crippen LogP contribution is -2.15. The molecule has 128 valence electrons. The van der Waals surface area contributed by atoms with Crippen LogP contribution in [-0.2, 0) is 0 Å². The third-order valence-corrected chi connectivity index (χ3v) is 6.44. The van der Waals surface area contributed by atoms with Gasteiger partial charge >= 0.3 is 0 Å². The summed E-state index contributed by atoms with van der Waals surface area (Å²) in [6, 6.07) is 8.24. The molecule has 2 aromatic rings. The van der Waals surface area contributed by atoms with Crippen LogP contribution in [0.5, 0.6) is 0 Å². The quantitative estimate of drug-likeness (QED) is 0.481. The molecule has 0 N–H and O–H groups in total. The molecule has 5 heteroatoms. The first-order valence-corrected chi connectivity index (χ1v) is 10.2. The molecule has 25 heavy (non-hydrogen) atoms. The predicted molar refractivity (Wildman–Crippen MR) is 109 cm³/mol. The Bertz CT molecular complexity index is 906. The molecule has 2 aliphatic rings. The van der Waals surface area contributed by atoms with Crippen LogP contribution >= 0.6 is 27.3 Å². The van der Waals surface area contributed by atoms with Crippen LogP contribution in [0.25, 0.3) is 11.3 Å². The lowest BCUT2D eigenvalue weighted by Gasteiger charge is -2.12. The van der Waals surface area contributed by atoms with Crippen molar-refractivity contribution in [2.45, 2.75) is 12.8 Å². The Balaban J connectivity index is 1.73. The Kier molecular flexibility index (Phi) is 4.86. The van der Waals surface area contributed by atoms with Crippen LogP contribution in [0.2, 0.25) is 0 Å². The topological polar surface area (TPSA) is 29.6 Å². The number of hydrogen-bond donors (Lipinski definition) is 0. The number of allylic oxidation sites excluding steroid dienone is 2. The Morgan fingerprint density at radius 1 is 1.28 bits per heavy atom. The van der Waals surface area contributed by atoms with Crippen molar-refractivity contribution in [1.29, 1.82) is 0 Å². The maximum Gasteiger partial charge on any atom is 0.206 e. The highest BCUT2D eigenvalue weighted by molar-refractivity contribution is 9.10. The maximum atomic E-state index is 4.86. The van der Waals surface area contributed by atoms with Crippen LogP contribution in [0.3, 0.4) is 0 Å². The molecular weight excluding hydrogens is 394 g/mol. The number of aromatic nitrogens is 1. The molecule has 1 saturated carbocycles.